The van der Waals surface area contributed by atoms with Crippen molar-refractivity contribution >= 4 is 6.03 Å². The van der Waals surface area contributed by atoms with E-state index < -0.39 is 0 Å². The van der Waals surface area contributed by atoms with Gasteiger partial charge in [0.2, 0.25) is 0 Å². The fourth-order valence-electron chi connectivity index (χ4n) is 2.83. The molecule has 1 heterocycles. The van der Waals surface area contributed by atoms with Crippen molar-refractivity contribution in [1.29, 1.82) is 0 Å². The molecule has 1 fully saturated rings. The van der Waals surface area contributed by atoms with Gasteiger partial charge in [-0.15, -0.1) is 0 Å². The maximum absolute atomic E-state index is 14.1. The van der Waals surface area contributed by atoms with E-state index in [-0.39, 0.29) is 30.5 Å². The minimum absolute atomic E-state index is 0.167. The summed E-state index contributed by atoms with van der Waals surface area (Å²) in [7, 11) is 0. The highest BCUT2D eigenvalue weighted by atomic mass is 19.1. The van der Waals surface area contributed by atoms with Gasteiger partial charge in [-0.05, 0) is 32.3 Å². The third kappa shape index (κ3) is 3.58. The van der Waals surface area contributed by atoms with Gasteiger partial charge in [-0.1, -0.05) is 30.3 Å². The summed E-state index contributed by atoms with van der Waals surface area (Å²) in [5.41, 5.74) is 1.39. The van der Waals surface area contributed by atoms with Crippen molar-refractivity contribution in [2.24, 2.45) is 0 Å². The molecule has 1 N–H and O–H groups in total. The zero-order valence-corrected chi connectivity index (χ0v) is 14.0. The molecular weight excluding hydrogens is 309 g/mol. The van der Waals surface area contributed by atoms with Crippen LogP contribution in [-0.4, -0.2) is 22.1 Å². The third-order valence-electron chi connectivity index (χ3n) is 4.33. The summed E-state index contributed by atoms with van der Waals surface area (Å²) in [6.45, 7) is 4.13. The Balaban J connectivity index is 1.68. The highest BCUT2D eigenvalue weighted by Gasteiger charge is 2.37. The number of rotatable bonds is 6. The zero-order valence-electron chi connectivity index (χ0n) is 14.0. The highest BCUT2D eigenvalue weighted by molar-refractivity contribution is 5.75. The number of aromatic nitrogens is 1. The van der Waals surface area contributed by atoms with Gasteiger partial charge in [-0.3, -0.25) is 0 Å². The van der Waals surface area contributed by atoms with Crippen LogP contribution < -0.4 is 5.32 Å². The summed E-state index contributed by atoms with van der Waals surface area (Å²) in [4.78, 5) is 14.4. The summed E-state index contributed by atoms with van der Waals surface area (Å²) in [6, 6.07) is 8.08. The largest absolute Gasteiger partial charge is 0.359 e. The van der Waals surface area contributed by atoms with E-state index in [0.29, 0.717) is 11.3 Å². The van der Waals surface area contributed by atoms with E-state index in [1.807, 2.05) is 19.9 Å². The van der Waals surface area contributed by atoms with Crippen LogP contribution in [0, 0.1) is 5.82 Å². The molecule has 0 unspecified atom stereocenters. The molecule has 1 aliphatic carbocycles. The minimum Gasteiger partial charge on any atom is -0.359 e. The Kier molecular flexibility index (Phi) is 4.83. The predicted molar refractivity (Wildman–Crippen MR) is 87.8 cm³/mol. The Labute approximate surface area is 140 Å². The first-order valence-corrected chi connectivity index (χ1v) is 8.35. The molecule has 5 nitrogen and oxygen atoms in total. The molecule has 0 bridgehead atoms. The van der Waals surface area contributed by atoms with Crippen molar-refractivity contribution in [2.75, 3.05) is 0 Å². The maximum atomic E-state index is 14.1. The molecule has 1 aromatic heterocycles. The molecule has 3 rings (SSSR count). The molecule has 2 amide bonds. The number of hydrogen-bond donors (Lipinski definition) is 1. The summed E-state index contributed by atoms with van der Waals surface area (Å²) in [5.74, 6) is 0.334. The molecule has 0 spiro atoms. The Morgan fingerprint density at radius 2 is 2.21 bits per heavy atom. The second-order valence-corrected chi connectivity index (χ2v) is 6.13. The van der Waals surface area contributed by atoms with Crippen LogP contribution in [0.5, 0.6) is 0 Å². The topological polar surface area (TPSA) is 58.4 Å². The van der Waals surface area contributed by atoms with Crippen molar-refractivity contribution in [3.05, 3.63) is 53.2 Å². The number of amides is 2. The van der Waals surface area contributed by atoms with Crippen LogP contribution in [0.2, 0.25) is 0 Å². The second kappa shape index (κ2) is 7.03. The number of halogens is 1. The van der Waals surface area contributed by atoms with Gasteiger partial charge in [0.25, 0.3) is 0 Å². The van der Waals surface area contributed by atoms with Crippen LogP contribution in [0.3, 0.4) is 0 Å². The van der Waals surface area contributed by atoms with E-state index in [1.54, 1.807) is 23.1 Å². The Morgan fingerprint density at radius 3 is 2.83 bits per heavy atom. The van der Waals surface area contributed by atoms with E-state index in [1.165, 1.54) is 6.07 Å². The fourth-order valence-corrected chi connectivity index (χ4v) is 2.83. The summed E-state index contributed by atoms with van der Waals surface area (Å²) < 4.78 is 19.2. The van der Waals surface area contributed by atoms with Crippen molar-refractivity contribution in [1.82, 2.24) is 15.4 Å². The van der Waals surface area contributed by atoms with E-state index >= 15 is 0 Å². The van der Waals surface area contributed by atoms with Gasteiger partial charge >= 0.3 is 6.03 Å². The normalized spacial score (nSPS) is 15.1. The van der Waals surface area contributed by atoms with Gasteiger partial charge in [0, 0.05) is 17.7 Å². The van der Waals surface area contributed by atoms with Crippen molar-refractivity contribution < 1.29 is 13.7 Å². The van der Waals surface area contributed by atoms with E-state index in [2.05, 4.69) is 10.5 Å². The Hall–Kier alpha value is -2.37. The lowest BCUT2D eigenvalue weighted by molar-refractivity contribution is 0.172. The standard InChI is InChI=1S/C18H22FN3O2/c1-3-13-10-15(24-21-13)11-20-18(23)22(14-8-9-14)12(2)16-6-4-5-7-17(16)19/h4-7,10,12,14H,3,8-9,11H2,1-2H3,(H,20,23)/t12-/m0/s1. The SMILES string of the molecule is CCc1cc(CNC(=O)N(C2CC2)[C@@H](C)c2ccccc2F)on1. The number of carbonyl (C=O) groups excluding carboxylic acids is 1. The molecule has 0 radical (unpaired) electrons. The molecule has 24 heavy (non-hydrogen) atoms. The molecule has 6 heteroatoms. The van der Waals surface area contributed by atoms with E-state index in [0.717, 1.165) is 25.0 Å². The Bertz CT molecular complexity index is 712. The first-order chi connectivity index (χ1) is 11.6. The predicted octanol–water partition coefficient (Wildman–Crippen LogP) is 3.81. The molecule has 1 saturated carbocycles. The van der Waals surface area contributed by atoms with Gasteiger partial charge < -0.3 is 14.7 Å². The molecule has 0 aliphatic heterocycles. The number of hydrogen-bond acceptors (Lipinski definition) is 3. The average Bonchev–Trinajstić information content (AvgIpc) is 3.30. The van der Waals surface area contributed by atoms with Crippen molar-refractivity contribution in [3.8, 4) is 0 Å². The number of urea groups is 1. The minimum atomic E-state index is -0.320. The highest BCUT2D eigenvalue weighted by Crippen LogP contribution is 2.35. The Morgan fingerprint density at radius 1 is 1.46 bits per heavy atom. The third-order valence-corrected chi connectivity index (χ3v) is 4.33. The maximum Gasteiger partial charge on any atom is 0.318 e. The van der Waals surface area contributed by atoms with E-state index in [9.17, 15) is 9.18 Å². The molecule has 1 aromatic carbocycles. The quantitative estimate of drug-likeness (QED) is 0.875. The summed E-state index contributed by atoms with van der Waals surface area (Å²) >= 11 is 0. The average molecular weight is 331 g/mol. The zero-order chi connectivity index (χ0) is 17.1. The molecule has 2 aromatic rings. The lowest BCUT2D eigenvalue weighted by Gasteiger charge is -2.30. The number of benzene rings is 1. The van der Waals surface area contributed by atoms with Crippen molar-refractivity contribution in [3.63, 3.8) is 0 Å². The van der Waals surface area contributed by atoms with Gasteiger partial charge in [-0.25, -0.2) is 9.18 Å². The lowest BCUT2D eigenvalue weighted by Crippen LogP contribution is -2.42. The molecule has 1 atom stereocenters. The number of nitrogens with one attached hydrogen (secondary N) is 1. The first kappa shape index (κ1) is 16.5. The van der Waals surface area contributed by atoms with Crippen molar-refractivity contribution in [2.45, 2.75) is 51.7 Å². The van der Waals surface area contributed by atoms with Crippen LogP contribution in [0.15, 0.2) is 34.9 Å². The number of nitrogens with zero attached hydrogens (tertiary/aromatic N) is 2. The summed E-state index contributed by atoms with van der Waals surface area (Å²) in [6.07, 6.45) is 2.69. The smallest absolute Gasteiger partial charge is 0.318 e. The van der Waals surface area contributed by atoms with Crippen LogP contribution in [0.4, 0.5) is 9.18 Å². The molecule has 128 valence electrons. The van der Waals surface area contributed by atoms with Gasteiger partial charge in [0.05, 0.1) is 18.3 Å². The summed E-state index contributed by atoms with van der Waals surface area (Å²) in [5, 5.41) is 6.77. The van der Waals surface area contributed by atoms with Gasteiger partial charge in [0.15, 0.2) is 5.76 Å². The fraction of sp³-hybridized carbons (Fsp3) is 0.444. The van der Waals surface area contributed by atoms with Gasteiger partial charge in [0.1, 0.15) is 5.82 Å². The molecule has 1 aliphatic rings. The second-order valence-electron chi connectivity index (χ2n) is 6.13. The number of aryl methyl sites for hydroxylation is 1. The molecular formula is C18H22FN3O2. The van der Waals surface area contributed by atoms with Crippen LogP contribution >= 0.6 is 0 Å². The lowest BCUT2D eigenvalue weighted by atomic mass is 10.1. The van der Waals surface area contributed by atoms with Crippen LogP contribution in [0.25, 0.3) is 0 Å². The number of carbonyl (C=O) groups is 1. The van der Waals surface area contributed by atoms with E-state index in [4.69, 9.17) is 4.52 Å². The van der Waals surface area contributed by atoms with Crippen LogP contribution in [0.1, 0.15) is 49.7 Å². The van der Waals surface area contributed by atoms with Crippen LogP contribution in [-0.2, 0) is 13.0 Å². The van der Waals surface area contributed by atoms with Gasteiger partial charge in [-0.2, -0.15) is 0 Å². The monoisotopic (exact) mass is 331 g/mol. The first-order valence-electron chi connectivity index (χ1n) is 8.35. The molecule has 0 saturated heterocycles.